The summed E-state index contributed by atoms with van der Waals surface area (Å²) in [5.74, 6) is 1.79. The van der Waals surface area contributed by atoms with Crippen molar-refractivity contribution in [1.82, 2.24) is 24.8 Å². The van der Waals surface area contributed by atoms with Gasteiger partial charge in [-0.15, -0.1) is 0 Å². The zero-order valence-electron chi connectivity index (χ0n) is 21.6. The van der Waals surface area contributed by atoms with E-state index in [-0.39, 0.29) is 0 Å². The van der Waals surface area contributed by atoms with Gasteiger partial charge in [0.25, 0.3) is 0 Å². The fourth-order valence-corrected chi connectivity index (χ4v) is 4.68. The summed E-state index contributed by atoms with van der Waals surface area (Å²) in [4.78, 5) is 18.8. The summed E-state index contributed by atoms with van der Waals surface area (Å²) in [6.45, 7) is 5.18. The highest BCUT2D eigenvalue weighted by Crippen LogP contribution is 2.33. The van der Waals surface area contributed by atoms with Crippen LogP contribution in [0.5, 0.6) is 11.5 Å². The highest BCUT2D eigenvalue weighted by Gasteiger charge is 2.17. The Kier molecular flexibility index (Phi) is 7.07. The van der Waals surface area contributed by atoms with Crippen molar-refractivity contribution < 1.29 is 9.47 Å². The second-order valence-corrected chi connectivity index (χ2v) is 9.45. The van der Waals surface area contributed by atoms with Crippen LogP contribution in [0.4, 0.5) is 11.5 Å². The molecule has 1 aliphatic rings. The summed E-state index contributed by atoms with van der Waals surface area (Å²) in [7, 11) is 5.41. The van der Waals surface area contributed by atoms with Gasteiger partial charge >= 0.3 is 0 Å². The van der Waals surface area contributed by atoms with E-state index in [1.165, 1.54) is 0 Å². The third kappa shape index (κ3) is 5.28. The Labute approximate surface area is 217 Å². The summed E-state index contributed by atoms with van der Waals surface area (Å²) >= 11 is 0. The summed E-state index contributed by atoms with van der Waals surface area (Å²) in [5, 5.41) is 0. The molecule has 3 aromatic heterocycles. The largest absolute Gasteiger partial charge is 0.497 e. The second kappa shape index (κ2) is 10.6. The average Bonchev–Trinajstić information content (AvgIpc) is 2.92. The van der Waals surface area contributed by atoms with Gasteiger partial charge in [-0.2, -0.15) is 0 Å². The fraction of sp³-hybridized carbons (Fsp3) is 0.321. The first-order valence-corrected chi connectivity index (χ1v) is 12.4. The van der Waals surface area contributed by atoms with Crippen molar-refractivity contribution in [2.45, 2.75) is 13.0 Å². The van der Waals surface area contributed by atoms with Gasteiger partial charge in [-0.05, 0) is 30.8 Å². The first-order valence-electron chi connectivity index (χ1n) is 12.4. The fourth-order valence-electron chi connectivity index (χ4n) is 4.68. The number of nitrogen functional groups attached to an aromatic ring is 2. The van der Waals surface area contributed by atoms with E-state index < -0.39 is 0 Å². The second-order valence-electron chi connectivity index (χ2n) is 9.45. The van der Waals surface area contributed by atoms with Crippen LogP contribution in [-0.4, -0.2) is 72.2 Å². The number of piperazine rings is 1. The molecule has 0 unspecified atom stereocenters. The smallest absolute Gasteiger partial charge is 0.129 e. The quantitative estimate of drug-likeness (QED) is 0.395. The molecule has 192 valence electrons. The Balaban J connectivity index is 1.38. The van der Waals surface area contributed by atoms with Crippen molar-refractivity contribution >= 4 is 22.5 Å². The molecule has 5 rings (SSSR count). The van der Waals surface area contributed by atoms with Crippen molar-refractivity contribution in [1.29, 1.82) is 0 Å². The summed E-state index contributed by atoms with van der Waals surface area (Å²) in [5.41, 5.74) is 19.4. The lowest BCUT2D eigenvalue weighted by Gasteiger charge is -2.32. The molecule has 0 saturated carbocycles. The molecule has 0 atom stereocenters. The van der Waals surface area contributed by atoms with Gasteiger partial charge in [0.05, 0.1) is 31.1 Å². The minimum absolute atomic E-state index is 0.377. The van der Waals surface area contributed by atoms with E-state index in [1.807, 2.05) is 36.7 Å². The number of fused-ring (bicyclic) bond motifs is 1. The van der Waals surface area contributed by atoms with Crippen molar-refractivity contribution in [3.8, 4) is 22.6 Å². The molecule has 1 aromatic carbocycles. The molecule has 4 aromatic rings. The number of methoxy groups -OCH3 is 2. The van der Waals surface area contributed by atoms with Gasteiger partial charge in [-0.1, -0.05) is 12.1 Å². The first-order chi connectivity index (χ1) is 17.9. The molecule has 1 aliphatic heterocycles. The molecule has 1 fully saturated rings. The SMILES string of the molecule is COc1ccc(Cc2c(N)nc3cc(-c4ccc(CN5CCN(C)CC5)nc4)cnc3c2N)c(OC)c1. The van der Waals surface area contributed by atoms with E-state index in [1.54, 1.807) is 14.2 Å². The molecular formula is C28H33N7O2. The van der Waals surface area contributed by atoms with E-state index >= 15 is 0 Å². The number of rotatable bonds is 7. The summed E-state index contributed by atoms with van der Waals surface area (Å²) in [6, 6.07) is 11.8. The van der Waals surface area contributed by atoms with Crippen LogP contribution >= 0.6 is 0 Å². The lowest BCUT2D eigenvalue weighted by Crippen LogP contribution is -2.43. The number of anilines is 2. The molecule has 0 amide bonds. The minimum Gasteiger partial charge on any atom is -0.497 e. The molecule has 9 nitrogen and oxygen atoms in total. The van der Waals surface area contributed by atoms with Crippen molar-refractivity contribution in [3.63, 3.8) is 0 Å². The number of aromatic nitrogens is 3. The molecule has 37 heavy (non-hydrogen) atoms. The van der Waals surface area contributed by atoms with E-state index in [0.717, 1.165) is 60.7 Å². The Morgan fingerprint density at radius 2 is 1.68 bits per heavy atom. The predicted molar refractivity (Wildman–Crippen MR) is 147 cm³/mol. The highest BCUT2D eigenvalue weighted by molar-refractivity contribution is 5.93. The number of likely N-dealkylation sites (N-methyl/N-ethyl adjacent to an activating group) is 1. The van der Waals surface area contributed by atoms with Crippen LogP contribution in [0.3, 0.4) is 0 Å². The lowest BCUT2D eigenvalue weighted by molar-refractivity contribution is 0.147. The number of nitrogens with two attached hydrogens (primary N) is 2. The molecule has 1 saturated heterocycles. The van der Waals surface area contributed by atoms with Gasteiger partial charge in [0.1, 0.15) is 22.8 Å². The molecule has 0 spiro atoms. The van der Waals surface area contributed by atoms with Crippen molar-refractivity contribution in [2.24, 2.45) is 0 Å². The standard InChI is InChI=1S/C28H33N7O2/c1-34-8-10-35(11-9-34)17-21-6-4-19(15-31-21)20-13-24-27(32-16-20)26(29)23(28(30)33-24)12-18-5-7-22(36-2)14-25(18)37-3/h4-7,13-16H,8-12,17H2,1-3H3,(H4,29,30,33). The van der Waals surface area contributed by atoms with Gasteiger partial charge in [-0.25, -0.2) is 4.98 Å². The maximum Gasteiger partial charge on any atom is 0.129 e. The number of ether oxygens (including phenoxy) is 2. The van der Waals surface area contributed by atoms with Crippen molar-refractivity contribution in [2.75, 3.05) is 58.9 Å². The number of pyridine rings is 3. The minimum atomic E-state index is 0.377. The van der Waals surface area contributed by atoms with Crippen LogP contribution in [-0.2, 0) is 13.0 Å². The molecule has 0 aliphatic carbocycles. The summed E-state index contributed by atoms with van der Waals surface area (Å²) < 4.78 is 10.8. The van der Waals surface area contributed by atoms with Crippen LogP contribution in [0.1, 0.15) is 16.8 Å². The maximum atomic E-state index is 6.55. The highest BCUT2D eigenvalue weighted by atomic mass is 16.5. The predicted octanol–water partition coefficient (Wildman–Crippen LogP) is 3.21. The zero-order valence-corrected chi connectivity index (χ0v) is 21.6. The molecule has 0 bridgehead atoms. The van der Waals surface area contributed by atoms with Crippen LogP contribution in [0, 0.1) is 0 Å². The van der Waals surface area contributed by atoms with Crippen LogP contribution in [0.15, 0.2) is 48.8 Å². The van der Waals surface area contributed by atoms with Gasteiger partial charge in [0.15, 0.2) is 0 Å². The number of hydrogen-bond acceptors (Lipinski definition) is 9. The number of hydrogen-bond donors (Lipinski definition) is 2. The maximum absolute atomic E-state index is 6.55. The monoisotopic (exact) mass is 499 g/mol. The molecule has 9 heteroatoms. The van der Waals surface area contributed by atoms with E-state index in [2.05, 4.69) is 38.9 Å². The van der Waals surface area contributed by atoms with Gasteiger partial charge in [0, 0.05) is 74.3 Å². The zero-order chi connectivity index (χ0) is 25.9. The number of benzene rings is 1. The van der Waals surface area contributed by atoms with Crippen LogP contribution < -0.4 is 20.9 Å². The average molecular weight is 500 g/mol. The van der Waals surface area contributed by atoms with Gasteiger partial charge in [0.2, 0.25) is 0 Å². The summed E-state index contributed by atoms with van der Waals surface area (Å²) in [6.07, 6.45) is 4.17. The topological polar surface area (TPSA) is 116 Å². The molecule has 0 radical (unpaired) electrons. The number of nitrogens with zero attached hydrogens (tertiary/aromatic N) is 5. The van der Waals surface area contributed by atoms with Crippen LogP contribution in [0.25, 0.3) is 22.2 Å². The van der Waals surface area contributed by atoms with Gasteiger partial charge in [-0.3, -0.25) is 14.9 Å². The molecule has 4 N–H and O–H groups in total. The Morgan fingerprint density at radius 1 is 0.892 bits per heavy atom. The van der Waals surface area contributed by atoms with Gasteiger partial charge < -0.3 is 25.8 Å². The lowest BCUT2D eigenvalue weighted by atomic mass is 10.0. The third-order valence-corrected chi connectivity index (χ3v) is 7.00. The third-order valence-electron chi connectivity index (χ3n) is 7.00. The molecular weight excluding hydrogens is 466 g/mol. The van der Waals surface area contributed by atoms with Crippen molar-refractivity contribution in [3.05, 3.63) is 65.6 Å². The van der Waals surface area contributed by atoms with E-state index in [4.69, 9.17) is 25.9 Å². The first kappa shape index (κ1) is 24.7. The Bertz CT molecular complexity index is 1400. The Morgan fingerprint density at radius 3 is 2.38 bits per heavy atom. The van der Waals surface area contributed by atoms with Crippen LogP contribution in [0.2, 0.25) is 0 Å². The normalized spacial score (nSPS) is 14.7. The Hall–Kier alpha value is -3.95. The van der Waals surface area contributed by atoms with E-state index in [0.29, 0.717) is 40.5 Å². The molecule has 4 heterocycles. The van der Waals surface area contributed by atoms with E-state index in [9.17, 15) is 0 Å².